The van der Waals surface area contributed by atoms with Crippen molar-refractivity contribution in [1.29, 1.82) is 0 Å². The van der Waals surface area contributed by atoms with Gasteiger partial charge in [0.2, 0.25) is 17.6 Å². The van der Waals surface area contributed by atoms with Gasteiger partial charge in [-0.3, -0.25) is 19.2 Å². The molecule has 1 aliphatic heterocycles. The van der Waals surface area contributed by atoms with Crippen LogP contribution in [-0.2, 0) is 43.5 Å². The number of carbonyl (C=O) groups is 5. The van der Waals surface area contributed by atoms with Crippen LogP contribution in [0.2, 0.25) is 0 Å². The summed E-state index contributed by atoms with van der Waals surface area (Å²) in [5.74, 6) is -3.30. The monoisotopic (exact) mass is 542 g/mol. The van der Waals surface area contributed by atoms with E-state index in [0.717, 1.165) is 5.56 Å². The minimum atomic E-state index is -1.15. The zero-order valence-corrected chi connectivity index (χ0v) is 22.4. The number of aryl methyl sites for hydroxylation is 1. The van der Waals surface area contributed by atoms with Gasteiger partial charge in [-0.15, -0.1) is 5.10 Å². The third-order valence-electron chi connectivity index (χ3n) is 6.25. The molecule has 1 aliphatic rings. The highest BCUT2D eigenvalue weighted by Gasteiger charge is 2.35. The van der Waals surface area contributed by atoms with Crippen LogP contribution in [0, 0.1) is 11.8 Å². The predicted octanol–water partition coefficient (Wildman–Crippen LogP) is 0.778. The van der Waals surface area contributed by atoms with E-state index in [4.69, 9.17) is 9.26 Å². The number of ether oxygens (including phenoxy) is 1. The van der Waals surface area contributed by atoms with E-state index in [1.165, 1.54) is 0 Å². The fourth-order valence-corrected chi connectivity index (χ4v) is 3.97. The molecule has 0 saturated carbocycles. The van der Waals surface area contributed by atoms with Gasteiger partial charge >= 0.3 is 6.09 Å². The van der Waals surface area contributed by atoms with E-state index in [0.29, 0.717) is 11.5 Å². The van der Waals surface area contributed by atoms with Crippen LogP contribution in [0.15, 0.2) is 34.9 Å². The number of fused-ring (bicyclic) bond motifs is 1. The zero-order chi connectivity index (χ0) is 28.5. The highest BCUT2D eigenvalue weighted by Crippen LogP contribution is 2.13. The predicted molar refractivity (Wildman–Crippen MR) is 137 cm³/mol. The number of nitrogens with zero attached hydrogens (tertiary/aromatic N) is 2. The molecule has 210 valence electrons. The van der Waals surface area contributed by atoms with Gasteiger partial charge in [0, 0.05) is 5.27 Å². The molecule has 0 bridgehead atoms. The number of Topliss-reactive ketones (excluding diaryl/α,β-unsaturated/α-hetero) is 1. The van der Waals surface area contributed by atoms with Gasteiger partial charge < -0.3 is 30.5 Å². The van der Waals surface area contributed by atoms with Gasteiger partial charge in [-0.2, -0.15) is 0 Å². The maximum absolute atomic E-state index is 13.2. The van der Waals surface area contributed by atoms with E-state index >= 15 is 0 Å². The fraction of sp³-hybridized carbons (Fsp3) is 0.500. The van der Waals surface area contributed by atoms with Gasteiger partial charge in [0.15, 0.2) is 5.76 Å². The summed E-state index contributed by atoms with van der Waals surface area (Å²) in [4.78, 5) is 63.8. The van der Waals surface area contributed by atoms with Crippen molar-refractivity contribution >= 4 is 29.6 Å². The molecular weight excluding hydrogens is 508 g/mol. The summed E-state index contributed by atoms with van der Waals surface area (Å²) in [7, 11) is 0. The van der Waals surface area contributed by atoms with Crippen LogP contribution < -0.4 is 21.3 Å². The summed E-state index contributed by atoms with van der Waals surface area (Å²) in [6, 6.07) is 5.91. The molecule has 1 aromatic heterocycles. The average molecular weight is 543 g/mol. The number of amides is 4. The molecule has 0 aliphatic carbocycles. The van der Waals surface area contributed by atoms with Gasteiger partial charge in [-0.25, -0.2) is 4.79 Å². The molecular formula is C26H34N6O7. The largest absolute Gasteiger partial charge is 0.445 e. The number of aromatic nitrogens is 2. The summed E-state index contributed by atoms with van der Waals surface area (Å²) in [6.45, 7) is 6.92. The van der Waals surface area contributed by atoms with Gasteiger partial charge in [-0.05, 0) is 30.2 Å². The number of hydrogen-bond acceptors (Lipinski definition) is 9. The van der Waals surface area contributed by atoms with E-state index in [9.17, 15) is 24.0 Å². The van der Waals surface area contributed by atoms with Crippen molar-refractivity contribution in [1.82, 2.24) is 31.6 Å². The minimum absolute atomic E-state index is 0.0328. The Labute approximate surface area is 225 Å². The summed E-state index contributed by atoms with van der Waals surface area (Å²) in [5.41, 5.74) is 1.27. The molecule has 3 atom stereocenters. The van der Waals surface area contributed by atoms with Crippen LogP contribution in [0.1, 0.15) is 51.1 Å². The Morgan fingerprint density at radius 1 is 1.03 bits per heavy atom. The van der Waals surface area contributed by atoms with Crippen LogP contribution in [0.3, 0.4) is 0 Å². The van der Waals surface area contributed by atoms with Gasteiger partial charge in [0.05, 0.1) is 12.6 Å². The molecule has 4 amide bonds. The summed E-state index contributed by atoms with van der Waals surface area (Å²) in [5, 5.41) is 17.6. The molecule has 0 saturated heterocycles. The number of benzene rings is 1. The van der Waals surface area contributed by atoms with E-state index < -0.39 is 47.7 Å². The molecule has 2 heterocycles. The molecule has 39 heavy (non-hydrogen) atoms. The Hall–Kier alpha value is -4.29. The Balaban J connectivity index is 1.64. The SMILES string of the molecule is CC(C)C(NC(=O)OCc1ccccc1)C(=O)NC(C(=O)NC1CCc2nnoc2CNC(=O)C1=O)C(C)C. The average Bonchev–Trinajstić information content (AvgIpc) is 3.37. The molecule has 4 N–H and O–H groups in total. The van der Waals surface area contributed by atoms with Gasteiger partial charge in [0.25, 0.3) is 5.91 Å². The first-order valence-electron chi connectivity index (χ1n) is 12.8. The first kappa shape index (κ1) is 29.3. The van der Waals surface area contributed by atoms with Crippen molar-refractivity contribution < 1.29 is 33.2 Å². The van der Waals surface area contributed by atoms with E-state index in [1.54, 1.807) is 39.8 Å². The van der Waals surface area contributed by atoms with Crippen molar-refractivity contribution in [3.8, 4) is 0 Å². The molecule has 13 heteroatoms. The third kappa shape index (κ3) is 8.09. The topological polar surface area (TPSA) is 182 Å². The number of rotatable bonds is 9. The minimum Gasteiger partial charge on any atom is -0.445 e. The van der Waals surface area contributed by atoms with E-state index in [1.807, 2.05) is 18.2 Å². The lowest BCUT2D eigenvalue weighted by Gasteiger charge is -2.28. The van der Waals surface area contributed by atoms with E-state index in [-0.39, 0.29) is 37.8 Å². The Morgan fingerprint density at radius 2 is 1.69 bits per heavy atom. The summed E-state index contributed by atoms with van der Waals surface area (Å²) < 4.78 is 10.2. The first-order chi connectivity index (χ1) is 18.6. The standard InChI is InChI=1S/C26H34N6O7/c1-14(2)20(23(34)28-18-11-10-17-19(39-32-31-17)12-27-25(36)22(18)33)29-24(35)21(15(3)4)30-26(37)38-13-16-8-6-5-7-9-16/h5-9,14-15,18,20-21H,10-13H2,1-4H3,(H,27,36)(H,28,34)(H,29,35)(H,30,37). The second kappa shape index (κ2) is 13.5. The van der Waals surface area contributed by atoms with Crippen molar-refractivity contribution in [3.05, 3.63) is 47.3 Å². The Morgan fingerprint density at radius 3 is 2.36 bits per heavy atom. The van der Waals surface area contributed by atoms with Crippen LogP contribution >= 0.6 is 0 Å². The number of hydrogen-bond donors (Lipinski definition) is 4. The Kier molecular flexibility index (Phi) is 10.1. The molecule has 0 fully saturated rings. The highest BCUT2D eigenvalue weighted by molar-refractivity contribution is 6.38. The Bertz CT molecular complexity index is 1180. The third-order valence-corrected chi connectivity index (χ3v) is 6.25. The van der Waals surface area contributed by atoms with Crippen molar-refractivity contribution in [2.75, 3.05) is 0 Å². The number of ketones is 1. The van der Waals surface area contributed by atoms with Crippen LogP contribution in [0.4, 0.5) is 4.79 Å². The lowest BCUT2D eigenvalue weighted by molar-refractivity contribution is -0.140. The number of alkyl carbamates (subject to hydrolysis) is 1. The van der Waals surface area contributed by atoms with E-state index in [2.05, 4.69) is 31.6 Å². The quantitative estimate of drug-likeness (QED) is 0.333. The van der Waals surface area contributed by atoms with Crippen LogP contribution in [0.25, 0.3) is 0 Å². The first-order valence-corrected chi connectivity index (χ1v) is 12.8. The van der Waals surface area contributed by atoms with Crippen LogP contribution in [0.5, 0.6) is 0 Å². The number of carbonyl (C=O) groups excluding carboxylic acids is 5. The van der Waals surface area contributed by atoms with Crippen LogP contribution in [-0.4, -0.2) is 58.1 Å². The van der Waals surface area contributed by atoms with Crippen molar-refractivity contribution in [3.63, 3.8) is 0 Å². The van der Waals surface area contributed by atoms with Crippen molar-refractivity contribution in [2.45, 2.75) is 71.8 Å². The highest BCUT2D eigenvalue weighted by atomic mass is 16.5. The molecule has 0 spiro atoms. The second-order valence-electron chi connectivity index (χ2n) is 9.95. The molecule has 1 aromatic carbocycles. The molecule has 0 radical (unpaired) electrons. The normalized spacial score (nSPS) is 17.1. The molecule has 13 nitrogen and oxygen atoms in total. The zero-order valence-electron chi connectivity index (χ0n) is 22.4. The lowest BCUT2D eigenvalue weighted by Crippen LogP contribution is -2.59. The summed E-state index contributed by atoms with van der Waals surface area (Å²) >= 11 is 0. The maximum Gasteiger partial charge on any atom is 0.408 e. The maximum atomic E-state index is 13.2. The summed E-state index contributed by atoms with van der Waals surface area (Å²) in [6.07, 6.45) is -0.447. The van der Waals surface area contributed by atoms with Gasteiger partial charge in [-0.1, -0.05) is 58.0 Å². The molecule has 3 rings (SSSR count). The van der Waals surface area contributed by atoms with Gasteiger partial charge in [0.1, 0.15) is 24.4 Å². The van der Waals surface area contributed by atoms with Crippen molar-refractivity contribution in [2.24, 2.45) is 11.8 Å². The smallest absolute Gasteiger partial charge is 0.408 e. The molecule has 2 aromatic rings. The number of nitrogens with one attached hydrogen (secondary N) is 4. The fourth-order valence-electron chi connectivity index (χ4n) is 3.97. The molecule has 3 unspecified atom stereocenters. The second-order valence-corrected chi connectivity index (χ2v) is 9.95. The lowest BCUT2D eigenvalue weighted by atomic mass is 9.98.